The second-order valence-corrected chi connectivity index (χ2v) is 11.7. The van der Waals surface area contributed by atoms with E-state index in [0.717, 1.165) is 4.57 Å². The zero-order chi connectivity index (χ0) is 29.9. The second-order valence-electron chi connectivity index (χ2n) is 11.7. The number of benzene rings is 1. The fourth-order valence-electron chi connectivity index (χ4n) is 3.17. The highest BCUT2D eigenvalue weighted by atomic mass is 16.6. The number of anilines is 1. The Labute approximate surface area is 226 Å². The number of hydrogen-bond acceptors (Lipinski definition) is 9. The number of nitrogens with one attached hydrogen (secondary N) is 2. The summed E-state index contributed by atoms with van der Waals surface area (Å²) >= 11 is 0. The molecule has 2 aromatic rings. The van der Waals surface area contributed by atoms with Gasteiger partial charge in [-0.1, -0.05) is 0 Å². The van der Waals surface area contributed by atoms with Gasteiger partial charge >= 0.3 is 24.1 Å². The number of aliphatic carboxylic acids is 1. The van der Waals surface area contributed by atoms with Crippen LogP contribution in [-0.2, 0) is 23.8 Å². The molecule has 214 valence electrons. The molecule has 0 spiro atoms. The first kappa shape index (κ1) is 31.1. The molecule has 1 unspecified atom stereocenters. The molecule has 3 N–H and O–H groups in total. The number of nitrogens with zero attached hydrogens (tertiary/aromatic N) is 2. The molecule has 0 radical (unpaired) electrons. The summed E-state index contributed by atoms with van der Waals surface area (Å²) in [5, 5.41) is 14.0. The molecule has 13 nitrogen and oxygen atoms in total. The average Bonchev–Trinajstić information content (AvgIpc) is 3.08. The van der Waals surface area contributed by atoms with Crippen molar-refractivity contribution in [2.45, 2.75) is 91.6 Å². The number of carboxylic acids is 1. The third-order valence-corrected chi connectivity index (χ3v) is 4.47. The number of alkyl carbamates (subject to hydrolysis) is 1. The van der Waals surface area contributed by atoms with Gasteiger partial charge in [0.05, 0.1) is 17.5 Å². The number of imidazole rings is 1. The van der Waals surface area contributed by atoms with Crippen LogP contribution >= 0.6 is 0 Å². The number of hydrogen-bond donors (Lipinski definition) is 3. The van der Waals surface area contributed by atoms with Crippen LogP contribution in [0.2, 0.25) is 0 Å². The fourth-order valence-corrected chi connectivity index (χ4v) is 3.17. The number of carboxylic acid groups (broad SMARTS) is 1. The molecule has 0 aliphatic rings. The lowest BCUT2D eigenvalue weighted by Gasteiger charge is -2.22. The van der Waals surface area contributed by atoms with Gasteiger partial charge in [0.15, 0.2) is 0 Å². The van der Waals surface area contributed by atoms with Crippen LogP contribution in [0.4, 0.5) is 15.3 Å². The first-order chi connectivity index (χ1) is 17.6. The van der Waals surface area contributed by atoms with E-state index in [1.807, 2.05) is 0 Å². The van der Waals surface area contributed by atoms with E-state index in [4.69, 9.17) is 14.2 Å². The summed E-state index contributed by atoms with van der Waals surface area (Å²) in [4.78, 5) is 66.4. The maximum absolute atomic E-state index is 13.0. The monoisotopic (exact) mass is 548 g/mol. The van der Waals surface area contributed by atoms with E-state index in [1.165, 1.54) is 18.2 Å². The van der Waals surface area contributed by atoms with E-state index in [0.29, 0.717) is 0 Å². The van der Waals surface area contributed by atoms with Crippen molar-refractivity contribution in [1.29, 1.82) is 0 Å². The first-order valence-corrected chi connectivity index (χ1v) is 12.2. The van der Waals surface area contributed by atoms with Gasteiger partial charge in [-0.3, -0.25) is 9.59 Å². The van der Waals surface area contributed by atoms with Crippen molar-refractivity contribution in [3.05, 3.63) is 24.0 Å². The normalized spacial score (nSPS) is 12.8. The Kier molecular flexibility index (Phi) is 9.00. The van der Waals surface area contributed by atoms with Crippen LogP contribution in [0.3, 0.4) is 0 Å². The maximum Gasteiger partial charge on any atom is 0.420 e. The molecule has 1 atom stereocenters. The third-order valence-electron chi connectivity index (χ3n) is 4.47. The summed E-state index contributed by atoms with van der Waals surface area (Å²) in [5.41, 5.74) is -2.08. The summed E-state index contributed by atoms with van der Waals surface area (Å²) in [6.07, 6.45) is -2.52. The van der Waals surface area contributed by atoms with E-state index in [9.17, 15) is 29.1 Å². The van der Waals surface area contributed by atoms with Crippen molar-refractivity contribution in [2.24, 2.45) is 0 Å². The standard InChI is InChI=1S/C26H36N4O9/c1-24(2,3)37-21(34)19-28-15-12-14(10-11-17(15)30(19)23(36)39-26(7,8)9)27-20(33)16(13-18(31)32)29-22(35)38-25(4,5)6/h10-12,16H,13H2,1-9H3,(H,27,33)(H,29,35)(H,31,32). The highest BCUT2D eigenvalue weighted by Crippen LogP contribution is 2.24. The summed E-state index contributed by atoms with van der Waals surface area (Å²) in [6.45, 7) is 14.9. The molecule has 0 bridgehead atoms. The molecule has 13 heteroatoms. The van der Waals surface area contributed by atoms with Gasteiger partial charge in [-0.05, 0) is 80.5 Å². The number of carbonyl (C=O) groups is 5. The number of amides is 2. The number of rotatable bonds is 6. The van der Waals surface area contributed by atoms with Gasteiger partial charge in [-0.15, -0.1) is 0 Å². The van der Waals surface area contributed by atoms with Crippen molar-refractivity contribution < 1.29 is 43.3 Å². The molecule has 2 rings (SSSR count). The lowest BCUT2D eigenvalue weighted by Crippen LogP contribution is -2.46. The summed E-state index contributed by atoms with van der Waals surface area (Å²) in [5.74, 6) is -3.34. The van der Waals surface area contributed by atoms with Gasteiger partial charge in [-0.2, -0.15) is 0 Å². The second kappa shape index (κ2) is 11.3. The van der Waals surface area contributed by atoms with Crippen LogP contribution in [0.5, 0.6) is 0 Å². The predicted octanol–water partition coefficient (Wildman–Crippen LogP) is 4.08. The van der Waals surface area contributed by atoms with Gasteiger partial charge in [0, 0.05) is 5.69 Å². The average molecular weight is 549 g/mol. The smallest absolute Gasteiger partial charge is 0.420 e. The predicted molar refractivity (Wildman–Crippen MR) is 141 cm³/mol. The minimum Gasteiger partial charge on any atom is -0.481 e. The quantitative estimate of drug-likeness (QED) is 0.352. The van der Waals surface area contributed by atoms with Crippen LogP contribution in [0.1, 0.15) is 79.4 Å². The van der Waals surface area contributed by atoms with Gasteiger partial charge in [-0.25, -0.2) is 23.9 Å². The largest absolute Gasteiger partial charge is 0.481 e. The van der Waals surface area contributed by atoms with E-state index >= 15 is 0 Å². The Morgan fingerprint density at radius 2 is 1.46 bits per heavy atom. The van der Waals surface area contributed by atoms with Crippen molar-refractivity contribution >= 4 is 46.8 Å². The van der Waals surface area contributed by atoms with Crippen molar-refractivity contribution in [3.63, 3.8) is 0 Å². The highest BCUT2D eigenvalue weighted by Gasteiger charge is 2.31. The molecule has 1 heterocycles. The maximum atomic E-state index is 13.0. The number of carbonyl (C=O) groups excluding carboxylic acids is 4. The Bertz CT molecular complexity index is 1280. The molecule has 0 aliphatic carbocycles. The number of aromatic nitrogens is 2. The molecule has 0 saturated carbocycles. The van der Waals surface area contributed by atoms with Gasteiger partial charge in [0.2, 0.25) is 11.7 Å². The molecular formula is C26H36N4O9. The van der Waals surface area contributed by atoms with Crippen LogP contribution in [-0.4, -0.2) is 67.5 Å². The summed E-state index contributed by atoms with van der Waals surface area (Å²) < 4.78 is 16.9. The van der Waals surface area contributed by atoms with E-state index < -0.39 is 59.3 Å². The molecule has 1 aromatic heterocycles. The Hall–Kier alpha value is -4.16. The molecule has 39 heavy (non-hydrogen) atoms. The topological polar surface area (TPSA) is 175 Å². The van der Waals surface area contributed by atoms with Crippen LogP contribution in [0.25, 0.3) is 11.0 Å². The van der Waals surface area contributed by atoms with E-state index in [-0.39, 0.29) is 22.5 Å². The van der Waals surface area contributed by atoms with Crippen molar-refractivity contribution in [2.75, 3.05) is 5.32 Å². The zero-order valence-electron chi connectivity index (χ0n) is 23.6. The lowest BCUT2D eigenvalue weighted by atomic mass is 10.1. The molecule has 0 saturated heterocycles. The van der Waals surface area contributed by atoms with Gasteiger partial charge < -0.3 is 30.0 Å². The van der Waals surface area contributed by atoms with Gasteiger partial charge in [0.25, 0.3) is 0 Å². The first-order valence-electron chi connectivity index (χ1n) is 12.2. The van der Waals surface area contributed by atoms with E-state index in [1.54, 1.807) is 62.3 Å². The van der Waals surface area contributed by atoms with Crippen molar-refractivity contribution in [3.8, 4) is 0 Å². The molecule has 1 aromatic carbocycles. The van der Waals surface area contributed by atoms with Crippen molar-refractivity contribution in [1.82, 2.24) is 14.9 Å². The SMILES string of the molecule is CC(C)(C)OC(=O)NC(CC(=O)O)C(=O)Nc1ccc2c(c1)nc(C(=O)OC(C)(C)C)n2C(=O)OC(C)(C)C. The fraction of sp³-hybridized carbons (Fsp3) is 0.538. The minimum absolute atomic E-state index is 0.148. The Morgan fingerprint density at radius 3 is 1.97 bits per heavy atom. The molecule has 2 amide bonds. The summed E-state index contributed by atoms with van der Waals surface area (Å²) in [6, 6.07) is 2.79. The third kappa shape index (κ3) is 9.58. The lowest BCUT2D eigenvalue weighted by molar-refractivity contribution is -0.139. The van der Waals surface area contributed by atoms with Crippen LogP contribution < -0.4 is 10.6 Å². The van der Waals surface area contributed by atoms with E-state index in [2.05, 4.69) is 15.6 Å². The number of fused-ring (bicyclic) bond motifs is 1. The Balaban J connectivity index is 2.43. The Morgan fingerprint density at radius 1 is 0.897 bits per heavy atom. The molecule has 0 fully saturated rings. The van der Waals surface area contributed by atoms with Crippen LogP contribution in [0, 0.1) is 0 Å². The summed E-state index contributed by atoms with van der Waals surface area (Å²) in [7, 11) is 0. The highest BCUT2D eigenvalue weighted by molar-refractivity contribution is 6.02. The number of esters is 1. The minimum atomic E-state index is -1.45. The zero-order valence-corrected chi connectivity index (χ0v) is 23.6. The van der Waals surface area contributed by atoms with Gasteiger partial charge in [0.1, 0.15) is 22.8 Å². The molecular weight excluding hydrogens is 512 g/mol. The number of ether oxygens (including phenoxy) is 3. The van der Waals surface area contributed by atoms with Crippen LogP contribution in [0.15, 0.2) is 18.2 Å². The molecule has 0 aliphatic heterocycles.